The van der Waals surface area contributed by atoms with Gasteiger partial charge in [0.05, 0.1) is 5.75 Å². The first kappa shape index (κ1) is 15.9. The molecule has 110 valence electrons. The molecule has 0 spiro atoms. The summed E-state index contributed by atoms with van der Waals surface area (Å²) in [7, 11) is 4.09. The number of carbonyl (C=O) groups excluding carboxylic acids is 1. The Bertz CT molecular complexity index is 444. The third-order valence-electron chi connectivity index (χ3n) is 3.81. The Balaban J connectivity index is 1.80. The lowest BCUT2D eigenvalue weighted by Crippen LogP contribution is -2.45. The van der Waals surface area contributed by atoms with Crippen LogP contribution in [0.25, 0.3) is 0 Å². The molecule has 1 aliphatic rings. The maximum Gasteiger partial charge on any atom is 0.232 e. The molecule has 1 amide bonds. The molecule has 1 aromatic rings. The molecule has 20 heavy (non-hydrogen) atoms. The molecule has 3 nitrogen and oxygen atoms in total. The highest BCUT2D eigenvalue weighted by molar-refractivity contribution is 9.10. The van der Waals surface area contributed by atoms with Gasteiger partial charge in [-0.1, -0.05) is 15.9 Å². The molecule has 1 aromatic carbocycles. The van der Waals surface area contributed by atoms with Crippen LogP contribution in [0.15, 0.2) is 33.6 Å². The zero-order valence-electron chi connectivity index (χ0n) is 12.0. The van der Waals surface area contributed by atoms with Crippen molar-refractivity contribution in [3.63, 3.8) is 0 Å². The number of nitrogens with zero attached hydrogens (tertiary/aromatic N) is 2. The Morgan fingerprint density at radius 3 is 2.55 bits per heavy atom. The van der Waals surface area contributed by atoms with Gasteiger partial charge in [-0.3, -0.25) is 4.79 Å². The Morgan fingerprint density at radius 1 is 1.35 bits per heavy atom. The maximum absolute atomic E-state index is 12.2. The molecule has 0 radical (unpaired) electrons. The van der Waals surface area contributed by atoms with Crippen molar-refractivity contribution in [3.05, 3.63) is 28.7 Å². The molecule has 5 heteroatoms. The molecule has 0 bridgehead atoms. The van der Waals surface area contributed by atoms with Crippen LogP contribution in [0.1, 0.15) is 12.8 Å². The summed E-state index contributed by atoms with van der Waals surface area (Å²) in [4.78, 5) is 17.7. The van der Waals surface area contributed by atoms with Gasteiger partial charge in [0.15, 0.2) is 0 Å². The number of carbonyl (C=O) groups is 1. The molecule has 0 unspecified atom stereocenters. The lowest BCUT2D eigenvalue weighted by atomic mass is 10.0. The van der Waals surface area contributed by atoms with Crippen molar-refractivity contribution in [2.24, 2.45) is 0 Å². The highest BCUT2D eigenvalue weighted by atomic mass is 79.9. The van der Waals surface area contributed by atoms with Gasteiger partial charge in [-0.05, 0) is 57.2 Å². The lowest BCUT2D eigenvalue weighted by molar-refractivity contribution is -0.129. The molecule has 0 N–H and O–H groups in total. The van der Waals surface area contributed by atoms with E-state index in [2.05, 4.69) is 27.9 Å². The average molecular weight is 357 g/mol. The van der Waals surface area contributed by atoms with E-state index in [1.807, 2.05) is 36.2 Å². The number of likely N-dealkylation sites (tertiary alicyclic amines) is 1. The second-order valence-corrected chi connectivity index (χ2v) is 7.25. The first-order valence-corrected chi connectivity index (χ1v) is 8.66. The van der Waals surface area contributed by atoms with Crippen molar-refractivity contribution in [3.8, 4) is 0 Å². The van der Waals surface area contributed by atoms with Crippen LogP contribution in [-0.2, 0) is 4.79 Å². The quantitative estimate of drug-likeness (QED) is 0.774. The van der Waals surface area contributed by atoms with Crippen LogP contribution in [-0.4, -0.2) is 54.7 Å². The Labute approximate surface area is 133 Å². The van der Waals surface area contributed by atoms with Crippen LogP contribution < -0.4 is 0 Å². The van der Waals surface area contributed by atoms with E-state index in [-0.39, 0.29) is 5.91 Å². The van der Waals surface area contributed by atoms with E-state index >= 15 is 0 Å². The van der Waals surface area contributed by atoms with E-state index in [1.165, 1.54) is 0 Å². The molecule has 1 fully saturated rings. The van der Waals surface area contributed by atoms with Gasteiger partial charge < -0.3 is 9.80 Å². The number of rotatable bonds is 4. The first-order chi connectivity index (χ1) is 9.56. The molecule has 0 saturated carbocycles. The fraction of sp³-hybridized carbons (Fsp3) is 0.533. The zero-order valence-corrected chi connectivity index (χ0v) is 14.4. The monoisotopic (exact) mass is 356 g/mol. The molecule has 1 saturated heterocycles. The molecule has 1 heterocycles. The molecular weight excluding hydrogens is 336 g/mol. The van der Waals surface area contributed by atoms with Gasteiger partial charge in [0.1, 0.15) is 0 Å². The standard InChI is InChI=1S/C15H21BrN2OS/c1-17-9-7-13(8-10-17)18(2)15(19)11-20-14-5-3-12(16)4-6-14/h3-6,13H,7-11H2,1-2H3. The summed E-state index contributed by atoms with van der Waals surface area (Å²) in [6.45, 7) is 2.17. The Kier molecular flexibility index (Phi) is 5.93. The molecule has 0 atom stereocenters. The van der Waals surface area contributed by atoms with Gasteiger partial charge in [-0.15, -0.1) is 11.8 Å². The summed E-state index contributed by atoms with van der Waals surface area (Å²) in [6.07, 6.45) is 2.17. The fourth-order valence-electron chi connectivity index (χ4n) is 2.36. The summed E-state index contributed by atoms with van der Waals surface area (Å²) in [5.74, 6) is 0.747. The first-order valence-electron chi connectivity index (χ1n) is 6.89. The van der Waals surface area contributed by atoms with E-state index < -0.39 is 0 Å². The van der Waals surface area contributed by atoms with E-state index in [0.717, 1.165) is 35.3 Å². The van der Waals surface area contributed by atoms with Crippen LogP contribution in [0, 0.1) is 0 Å². The number of piperidine rings is 1. The number of amides is 1. The molecule has 0 aromatic heterocycles. The average Bonchev–Trinajstić information content (AvgIpc) is 2.46. The molecule has 1 aliphatic heterocycles. The largest absolute Gasteiger partial charge is 0.342 e. The summed E-state index contributed by atoms with van der Waals surface area (Å²) < 4.78 is 1.07. The zero-order chi connectivity index (χ0) is 14.5. The van der Waals surface area contributed by atoms with E-state index in [0.29, 0.717) is 11.8 Å². The molecule has 0 aliphatic carbocycles. The van der Waals surface area contributed by atoms with Crippen molar-refractivity contribution < 1.29 is 4.79 Å². The summed E-state index contributed by atoms with van der Waals surface area (Å²) >= 11 is 5.02. The van der Waals surface area contributed by atoms with E-state index in [1.54, 1.807) is 11.8 Å². The van der Waals surface area contributed by atoms with Crippen LogP contribution in [0.5, 0.6) is 0 Å². The van der Waals surface area contributed by atoms with Gasteiger partial charge in [0.25, 0.3) is 0 Å². The van der Waals surface area contributed by atoms with Crippen molar-refractivity contribution in [2.45, 2.75) is 23.8 Å². The predicted octanol–water partition coefficient (Wildman–Crippen LogP) is 3.09. The minimum atomic E-state index is 0.229. The van der Waals surface area contributed by atoms with Gasteiger partial charge in [-0.2, -0.15) is 0 Å². The fourth-order valence-corrected chi connectivity index (χ4v) is 3.45. The van der Waals surface area contributed by atoms with E-state index in [4.69, 9.17) is 0 Å². The summed E-state index contributed by atoms with van der Waals surface area (Å²) in [5, 5.41) is 0. The molecular formula is C15H21BrN2OS. The number of benzene rings is 1. The highest BCUT2D eigenvalue weighted by Crippen LogP contribution is 2.22. The van der Waals surface area contributed by atoms with Crippen molar-refractivity contribution in [2.75, 3.05) is 32.9 Å². The SMILES string of the molecule is CN1CCC(N(C)C(=O)CSc2ccc(Br)cc2)CC1. The van der Waals surface area contributed by atoms with Gasteiger partial charge in [-0.25, -0.2) is 0 Å². The summed E-state index contributed by atoms with van der Waals surface area (Å²) in [6, 6.07) is 8.50. The number of thioether (sulfide) groups is 1. The normalized spacial score (nSPS) is 17.1. The van der Waals surface area contributed by atoms with E-state index in [9.17, 15) is 4.79 Å². The Hall–Kier alpha value is -0.520. The second kappa shape index (κ2) is 7.48. The second-order valence-electron chi connectivity index (χ2n) is 5.28. The minimum absolute atomic E-state index is 0.229. The lowest BCUT2D eigenvalue weighted by Gasteiger charge is -2.35. The number of hydrogen-bond donors (Lipinski definition) is 0. The predicted molar refractivity (Wildman–Crippen MR) is 88.2 cm³/mol. The third-order valence-corrected chi connectivity index (χ3v) is 5.33. The van der Waals surface area contributed by atoms with Crippen molar-refractivity contribution >= 4 is 33.6 Å². The van der Waals surface area contributed by atoms with Crippen molar-refractivity contribution in [1.29, 1.82) is 0 Å². The van der Waals surface area contributed by atoms with Crippen LogP contribution >= 0.6 is 27.7 Å². The molecule has 2 rings (SSSR count). The van der Waals surface area contributed by atoms with Crippen LogP contribution in [0.3, 0.4) is 0 Å². The highest BCUT2D eigenvalue weighted by Gasteiger charge is 2.23. The topological polar surface area (TPSA) is 23.6 Å². The number of hydrogen-bond acceptors (Lipinski definition) is 3. The van der Waals surface area contributed by atoms with Crippen LogP contribution in [0.2, 0.25) is 0 Å². The van der Waals surface area contributed by atoms with Crippen LogP contribution in [0.4, 0.5) is 0 Å². The van der Waals surface area contributed by atoms with Crippen molar-refractivity contribution in [1.82, 2.24) is 9.80 Å². The van der Waals surface area contributed by atoms with Gasteiger partial charge in [0, 0.05) is 22.5 Å². The Morgan fingerprint density at radius 2 is 1.95 bits per heavy atom. The number of halogens is 1. The minimum Gasteiger partial charge on any atom is -0.342 e. The smallest absolute Gasteiger partial charge is 0.232 e. The van der Waals surface area contributed by atoms with Gasteiger partial charge >= 0.3 is 0 Å². The third kappa shape index (κ3) is 4.50. The van der Waals surface area contributed by atoms with Gasteiger partial charge in [0.2, 0.25) is 5.91 Å². The summed E-state index contributed by atoms with van der Waals surface area (Å²) in [5.41, 5.74) is 0. The maximum atomic E-state index is 12.2.